The molecule has 0 unspecified atom stereocenters. The second kappa shape index (κ2) is 7.98. The van der Waals surface area contributed by atoms with Crippen LogP contribution in [0.1, 0.15) is 18.1 Å². The summed E-state index contributed by atoms with van der Waals surface area (Å²) in [6.45, 7) is 2.96. The predicted octanol–water partition coefficient (Wildman–Crippen LogP) is 4.43. The molecule has 1 aliphatic rings. The fourth-order valence-corrected chi connectivity index (χ4v) is 3.53. The van der Waals surface area contributed by atoms with Crippen LogP contribution in [0.5, 0.6) is 11.5 Å². The third kappa shape index (κ3) is 3.91. The molecule has 0 radical (unpaired) electrons. The molecule has 0 bridgehead atoms. The van der Waals surface area contributed by atoms with Crippen LogP contribution in [-0.4, -0.2) is 23.6 Å². The third-order valence-electron chi connectivity index (χ3n) is 3.93. The smallest absolute Gasteiger partial charge is 0.277 e. The van der Waals surface area contributed by atoms with Gasteiger partial charge in [0.25, 0.3) is 11.1 Å². The summed E-state index contributed by atoms with van der Waals surface area (Å²) in [5.74, 6) is 1.85. The summed E-state index contributed by atoms with van der Waals surface area (Å²) >= 11 is 1.32. The van der Waals surface area contributed by atoms with Gasteiger partial charge in [0.1, 0.15) is 17.3 Å². The molecule has 0 aliphatic carbocycles. The number of hydrogen-bond acceptors (Lipinski definition) is 7. The van der Waals surface area contributed by atoms with E-state index in [9.17, 15) is 4.39 Å². The molecule has 0 spiro atoms. The Morgan fingerprint density at radius 1 is 1.22 bits per heavy atom. The van der Waals surface area contributed by atoms with Gasteiger partial charge in [0, 0.05) is 16.9 Å². The lowest BCUT2D eigenvalue weighted by Crippen LogP contribution is -2.13. The molecule has 6 nitrogen and oxygen atoms in total. The van der Waals surface area contributed by atoms with Crippen LogP contribution in [0, 0.1) is 5.82 Å². The van der Waals surface area contributed by atoms with Gasteiger partial charge in [-0.2, -0.15) is 0 Å². The van der Waals surface area contributed by atoms with Crippen molar-refractivity contribution in [2.75, 3.05) is 13.4 Å². The lowest BCUT2D eigenvalue weighted by molar-refractivity contribution is -0.0171. The second-order valence-electron chi connectivity index (χ2n) is 5.75. The van der Waals surface area contributed by atoms with E-state index in [1.54, 1.807) is 0 Å². The van der Waals surface area contributed by atoms with Crippen LogP contribution < -0.4 is 9.47 Å². The highest BCUT2D eigenvalue weighted by molar-refractivity contribution is 7.98. The van der Waals surface area contributed by atoms with Crippen molar-refractivity contribution in [1.29, 1.82) is 0 Å². The van der Waals surface area contributed by atoms with Gasteiger partial charge in [0.05, 0.1) is 18.8 Å². The highest BCUT2D eigenvalue weighted by Crippen LogP contribution is 2.35. The van der Waals surface area contributed by atoms with Crippen molar-refractivity contribution in [1.82, 2.24) is 10.2 Å². The van der Waals surface area contributed by atoms with Gasteiger partial charge in [-0.25, -0.2) is 4.39 Å². The summed E-state index contributed by atoms with van der Waals surface area (Å²) < 4.78 is 35.9. The molecule has 0 amide bonds. The molecular weight excluding hydrogens is 371 g/mol. The minimum absolute atomic E-state index is 0.162. The summed E-state index contributed by atoms with van der Waals surface area (Å²) in [6.07, 6.45) is 0. The van der Waals surface area contributed by atoms with Crippen LogP contribution >= 0.6 is 11.8 Å². The molecule has 8 heteroatoms. The Balaban J connectivity index is 1.52. The number of benzene rings is 2. The van der Waals surface area contributed by atoms with Gasteiger partial charge in [-0.1, -0.05) is 23.9 Å². The van der Waals surface area contributed by atoms with E-state index in [4.69, 9.17) is 18.6 Å². The van der Waals surface area contributed by atoms with Crippen LogP contribution in [0.15, 0.2) is 46.0 Å². The third-order valence-corrected chi connectivity index (χ3v) is 4.79. The second-order valence-corrected chi connectivity index (χ2v) is 6.68. The Labute approximate surface area is 159 Å². The summed E-state index contributed by atoms with van der Waals surface area (Å²) in [4.78, 5) is 0. The van der Waals surface area contributed by atoms with E-state index >= 15 is 0 Å². The van der Waals surface area contributed by atoms with Gasteiger partial charge in [0.15, 0.2) is 6.79 Å². The maximum atomic E-state index is 13.8. The van der Waals surface area contributed by atoms with E-state index in [1.807, 2.05) is 31.2 Å². The molecule has 0 saturated heterocycles. The molecule has 4 rings (SSSR count). The number of rotatable bonds is 6. The van der Waals surface area contributed by atoms with Crippen molar-refractivity contribution < 1.29 is 23.0 Å². The van der Waals surface area contributed by atoms with Crippen molar-refractivity contribution in [3.8, 4) is 23.0 Å². The fourth-order valence-electron chi connectivity index (χ4n) is 2.81. The van der Waals surface area contributed by atoms with Gasteiger partial charge < -0.3 is 18.6 Å². The molecule has 2 heterocycles. The first-order valence-electron chi connectivity index (χ1n) is 8.45. The fraction of sp³-hybridized carbons (Fsp3) is 0.263. The minimum atomic E-state index is -0.324. The molecule has 0 atom stereocenters. The number of aromatic nitrogens is 2. The van der Waals surface area contributed by atoms with Crippen molar-refractivity contribution in [2.24, 2.45) is 0 Å². The zero-order chi connectivity index (χ0) is 18.6. The summed E-state index contributed by atoms with van der Waals surface area (Å²) in [5, 5.41) is 8.57. The molecule has 27 heavy (non-hydrogen) atoms. The number of thioether (sulfide) groups is 1. The minimum Gasteiger partial charge on any atom is -0.493 e. The molecule has 2 aromatic carbocycles. The Hall–Kier alpha value is -2.58. The molecule has 0 N–H and O–H groups in total. The number of hydrogen-bond donors (Lipinski definition) is 0. The Bertz CT molecular complexity index is 947. The zero-order valence-corrected chi connectivity index (χ0v) is 15.4. The lowest BCUT2D eigenvalue weighted by atomic mass is 10.1. The number of para-hydroxylation sites is 1. The van der Waals surface area contributed by atoms with E-state index in [0.29, 0.717) is 47.1 Å². The van der Waals surface area contributed by atoms with Crippen LogP contribution in [0.2, 0.25) is 0 Å². The standard InChI is InChI=1S/C19H17FN2O4S/c1-2-24-16-6-4-3-5-15(16)18-21-22-19(26-18)27-10-13-8-14(20)7-12-9-23-11-25-17(12)13/h3-8H,2,9-11H2,1H3. The van der Waals surface area contributed by atoms with Gasteiger partial charge in [-0.3, -0.25) is 0 Å². The quantitative estimate of drug-likeness (QED) is 0.579. The molecule has 1 aliphatic heterocycles. The molecule has 0 saturated carbocycles. The number of ether oxygens (including phenoxy) is 3. The predicted molar refractivity (Wildman–Crippen MR) is 97.1 cm³/mol. The Kier molecular flexibility index (Phi) is 5.26. The van der Waals surface area contributed by atoms with Crippen LogP contribution in [0.4, 0.5) is 4.39 Å². The van der Waals surface area contributed by atoms with Gasteiger partial charge in [-0.05, 0) is 31.2 Å². The molecule has 140 valence electrons. The van der Waals surface area contributed by atoms with E-state index in [1.165, 1.54) is 23.9 Å². The Morgan fingerprint density at radius 3 is 3.00 bits per heavy atom. The lowest BCUT2D eigenvalue weighted by Gasteiger charge is -2.20. The first-order chi connectivity index (χ1) is 13.2. The molecule has 3 aromatic rings. The average Bonchev–Trinajstić information content (AvgIpc) is 3.15. The van der Waals surface area contributed by atoms with Gasteiger partial charge in [0.2, 0.25) is 0 Å². The van der Waals surface area contributed by atoms with Gasteiger partial charge >= 0.3 is 0 Å². The average molecular weight is 388 g/mol. The first-order valence-corrected chi connectivity index (χ1v) is 9.43. The van der Waals surface area contributed by atoms with Crippen LogP contribution in [0.25, 0.3) is 11.5 Å². The molecule has 1 aromatic heterocycles. The number of nitrogens with zero attached hydrogens (tertiary/aromatic N) is 2. The van der Waals surface area contributed by atoms with Crippen molar-refractivity contribution in [3.63, 3.8) is 0 Å². The SMILES string of the molecule is CCOc1ccccc1-c1nnc(SCc2cc(F)cc3c2OCOC3)o1. The normalized spacial score (nSPS) is 13.1. The molecular formula is C19H17FN2O4S. The zero-order valence-electron chi connectivity index (χ0n) is 14.6. The summed E-state index contributed by atoms with van der Waals surface area (Å²) in [7, 11) is 0. The van der Waals surface area contributed by atoms with E-state index < -0.39 is 0 Å². The highest BCUT2D eigenvalue weighted by atomic mass is 32.2. The monoisotopic (exact) mass is 388 g/mol. The van der Waals surface area contributed by atoms with Crippen LogP contribution in [0.3, 0.4) is 0 Å². The van der Waals surface area contributed by atoms with E-state index in [0.717, 1.165) is 11.1 Å². The van der Waals surface area contributed by atoms with E-state index in [2.05, 4.69) is 10.2 Å². The summed E-state index contributed by atoms with van der Waals surface area (Å²) in [5.41, 5.74) is 2.17. The highest BCUT2D eigenvalue weighted by Gasteiger charge is 2.19. The maximum absolute atomic E-state index is 13.8. The number of fused-ring (bicyclic) bond motifs is 1. The van der Waals surface area contributed by atoms with Crippen LogP contribution in [-0.2, 0) is 17.1 Å². The topological polar surface area (TPSA) is 66.6 Å². The largest absolute Gasteiger partial charge is 0.493 e. The molecule has 0 fully saturated rings. The van der Waals surface area contributed by atoms with Crippen molar-refractivity contribution in [3.05, 3.63) is 53.3 Å². The maximum Gasteiger partial charge on any atom is 0.277 e. The van der Waals surface area contributed by atoms with Crippen molar-refractivity contribution >= 4 is 11.8 Å². The number of halogens is 1. The van der Waals surface area contributed by atoms with Gasteiger partial charge in [-0.15, -0.1) is 10.2 Å². The Morgan fingerprint density at radius 2 is 2.11 bits per heavy atom. The summed E-state index contributed by atoms with van der Waals surface area (Å²) in [6, 6.07) is 10.4. The first kappa shape index (κ1) is 17.8. The van der Waals surface area contributed by atoms with Crippen molar-refractivity contribution in [2.45, 2.75) is 24.5 Å². The van der Waals surface area contributed by atoms with E-state index in [-0.39, 0.29) is 12.6 Å².